The Kier molecular flexibility index (Phi) is 3.81. The largest absolute Gasteiger partial charge is 0.399 e. The van der Waals surface area contributed by atoms with Gasteiger partial charge in [0.1, 0.15) is 5.82 Å². The average Bonchev–Trinajstić information content (AvgIpc) is 2.77. The molecule has 0 radical (unpaired) electrons. The molecular formula is C13H17FN2O2. The second kappa shape index (κ2) is 5.35. The van der Waals surface area contributed by atoms with Crippen molar-refractivity contribution in [1.82, 2.24) is 4.90 Å². The van der Waals surface area contributed by atoms with Crippen molar-refractivity contribution >= 4 is 11.6 Å². The fraction of sp³-hybridized carbons (Fsp3) is 0.462. The summed E-state index contributed by atoms with van der Waals surface area (Å²) in [6.45, 7) is 1.33. The van der Waals surface area contributed by atoms with Crippen LogP contribution in [-0.2, 0) is 0 Å². The Bertz CT molecular complexity index is 451. The molecule has 3 N–H and O–H groups in total. The highest BCUT2D eigenvalue weighted by molar-refractivity contribution is 5.95. The molecule has 5 heteroatoms. The summed E-state index contributed by atoms with van der Waals surface area (Å²) < 4.78 is 13.6. The highest BCUT2D eigenvalue weighted by atomic mass is 19.1. The van der Waals surface area contributed by atoms with Gasteiger partial charge >= 0.3 is 0 Å². The summed E-state index contributed by atoms with van der Waals surface area (Å²) in [5.41, 5.74) is 5.82. The van der Waals surface area contributed by atoms with E-state index in [0.29, 0.717) is 31.1 Å². The number of nitrogen functional groups attached to an aromatic ring is 1. The number of amides is 1. The van der Waals surface area contributed by atoms with Crippen LogP contribution >= 0.6 is 0 Å². The van der Waals surface area contributed by atoms with Crippen LogP contribution in [0.1, 0.15) is 23.2 Å². The molecule has 0 saturated carbocycles. The number of nitrogens with zero attached hydrogens (tertiary/aromatic N) is 1. The van der Waals surface area contributed by atoms with E-state index in [1.165, 1.54) is 12.1 Å². The first-order valence-corrected chi connectivity index (χ1v) is 6.07. The molecule has 1 aliphatic heterocycles. The van der Waals surface area contributed by atoms with Crippen LogP contribution in [-0.4, -0.2) is 35.6 Å². The number of carbonyl (C=O) groups excluding carboxylic acids is 1. The number of aliphatic hydroxyl groups is 1. The van der Waals surface area contributed by atoms with Crippen molar-refractivity contribution in [2.75, 3.05) is 25.4 Å². The number of halogens is 1. The van der Waals surface area contributed by atoms with Crippen LogP contribution in [0.3, 0.4) is 0 Å². The summed E-state index contributed by atoms with van der Waals surface area (Å²) in [6, 6.07) is 4.11. The minimum absolute atomic E-state index is 0.0637. The molecule has 1 aliphatic rings. The normalized spacial score (nSPS) is 19.2. The van der Waals surface area contributed by atoms with E-state index in [4.69, 9.17) is 10.8 Å². The van der Waals surface area contributed by atoms with Gasteiger partial charge in [-0.2, -0.15) is 0 Å². The van der Waals surface area contributed by atoms with Gasteiger partial charge in [0.2, 0.25) is 0 Å². The third-order valence-electron chi connectivity index (χ3n) is 3.33. The molecule has 1 saturated heterocycles. The standard InChI is InChI=1S/C13H17FN2O2/c14-12-7-10(15)1-2-11(12)13(18)16-5-3-9(8-16)4-6-17/h1-2,7,9,17H,3-6,8,15H2. The summed E-state index contributed by atoms with van der Waals surface area (Å²) in [5.74, 6) is -0.561. The van der Waals surface area contributed by atoms with Crippen LogP contribution in [0.25, 0.3) is 0 Å². The Morgan fingerprint density at radius 2 is 2.33 bits per heavy atom. The number of nitrogens with two attached hydrogens (primary N) is 1. The van der Waals surface area contributed by atoms with Crippen molar-refractivity contribution in [2.24, 2.45) is 5.92 Å². The van der Waals surface area contributed by atoms with Gasteiger partial charge in [0.05, 0.1) is 5.56 Å². The number of aliphatic hydroxyl groups excluding tert-OH is 1. The zero-order valence-electron chi connectivity index (χ0n) is 10.1. The molecule has 1 atom stereocenters. The number of hydrogen-bond donors (Lipinski definition) is 2. The molecule has 1 unspecified atom stereocenters. The highest BCUT2D eigenvalue weighted by Crippen LogP contribution is 2.22. The Labute approximate surface area is 105 Å². The van der Waals surface area contributed by atoms with Crippen LogP contribution in [0.5, 0.6) is 0 Å². The van der Waals surface area contributed by atoms with Crippen LogP contribution in [0, 0.1) is 11.7 Å². The Balaban J connectivity index is 2.08. The van der Waals surface area contributed by atoms with Gasteiger partial charge in [-0.05, 0) is 37.0 Å². The van der Waals surface area contributed by atoms with E-state index >= 15 is 0 Å². The minimum Gasteiger partial charge on any atom is -0.399 e. The average molecular weight is 252 g/mol. The fourth-order valence-corrected chi connectivity index (χ4v) is 2.31. The topological polar surface area (TPSA) is 66.6 Å². The number of rotatable bonds is 3. The minimum atomic E-state index is -0.578. The maximum atomic E-state index is 13.6. The van der Waals surface area contributed by atoms with Gasteiger partial charge in [-0.3, -0.25) is 4.79 Å². The molecule has 4 nitrogen and oxygen atoms in total. The monoisotopic (exact) mass is 252 g/mol. The predicted octanol–water partition coefficient (Wildman–Crippen LogP) is 1.25. The van der Waals surface area contributed by atoms with Gasteiger partial charge in [-0.15, -0.1) is 0 Å². The first kappa shape index (κ1) is 12.8. The Morgan fingerprint density at radius 3 is 3.00 bits per heavy atom. The van der Waals surface area contributed by atoms with Gasteiger partial charge in [-0.25, -0.2) is 4.39 Å². The van der Waals surface area contributed by atoms with Crippen LogP contribution in [0.4, 0.5) is 10.1 Å². The van der Waals surface area contributed by atoms with Gasteiger partial charge in [0.15, 0.2) is 0 Å². The third kappa shape index (κ3) is 2.61. The van der Waals surface area contributed by atoms with E-state index in [-0.39, 0.29) is 18.1 Å². The smallest absolute Gasteiger partial charge is 0.256 e. The van der Waals surface area contributed by atoms with Gasteiger partial charge in [0.25, 0.3) is 5.91 Å². The second-order valence-electron chi connectivity index (χ2n) is 4.66. The van der Waals surface area contributed by atoms with Gasteiger partial charge in [0, 0.05) is 25.4 Å². The van der Waals surface area contributed by atoms with Crippen LogP contribution < -0.4 is 5.73 Å². The van der Waals surface area contributed by atoms with Crippen molar-refractivity contribution in [3.8, 4) is 0 Å². The fourth-order valence-electron chi connectivity index (χ4n) is 2.31. The second-order valence-corrected chi connectivity index (χ2v) is 4.66. The summed E-state index contributed by atoms with van der Waals surface area (Å²) in [4.78, 5) is 13.7. The molecule has 0 spiro atoms. The quantitative estimate of drug-likeness (QED) is 0.796. The number of carbonyl (C=O) groups is 1. The molecule has 1 aromatic rings. The summed E-state index contributed by atoms with van der Waals surface area (Å²) >= 11 is 0. The number of benzene rings is 1. The molecule has 18 heavy (non-hydrogen) atoms. The number of hydrogen-bond acceptors (Lipinski definition) is 3. The van der Waals surface area contributed by atoms with E-state index in [1.54, 1.807) is 4.90 Å². The lowest BCUT2D eigenvalue weighted by Gasteiger charge is -2.17. The van der Waals surface area contributed by atoms with E-state index in [9.17, 15) is 9.18 Å². The maximum absolute atomic E-state index is 13.6. The third-order valence-corrected chi connectivity index (χ3v) is 3.33. The lowest BCUT2D eigenvalue weighted by atomic mass is 10.1. The SMILES string of the molecule is Nc1ccc(C(=O)N2CCC(CCO)C2)c(F)c1. The summed E-state index contributed by atoms with van der Waals surface area (Å²) in [5, 5.41) is 8.87. The maximum Gasteiger partial charge on any atom is 0.256 e. The molecule has 0 aromatic heterocycles. The summed E-state index contributed by atoms with van der Waals surface area (Å²) in [7, 11) is 0. The molecule has 1 heterocycles. The summed E-state index contributed by atoms with van der Waals surface area (Å²) in [6.07, 6.45) is 1.55. The lowest BCUT2D eigenvalue weighted by Crippen LogP contribution is -2.29. The van der Waals surface area contributed by atoms with Crippen molar-refractivity contribution in [1.29, 1.82) is 0 Å². The Morgan fingerprint density at radius 1 is 1.56 bits per heavy atom. The van der Waals surface area contributed by atoms with E-state index in [1.807, 2.05) is 0 Å². The van der Waals surface area contributed by atoms with Crippen LogP contribution in [0.2, 0.25) is 0 Å². The first-order chi connectivity index (χ1) is 8.61. The van der Waals surface area contributed by atoms with Crippen molar-refractivity contribution < 1.29 is 14.3 Å². The molecular weight excluding hydrogens is 235 g/mol. The van der Waals surface area contributed by atoms with E-state index in [0.717, 1.165) is 12.5 Å². The lowest BCUT2D eigenvalue weighted by molar-refractivity contribution is 0.0780. The predicted molar refractivity (Wildman–Crippen MR) is 66.5 cm³/mol. The van der Waals surface area contributed by atoms with Crippen molar-refractivity contribution in [3.63, 3.8) is 0 Å². The molecule has 98 valence electrons. The molecule has 2 rings (SSSR count). The number of anilines is 1. The highest BCUT2D eigenvalue weighted by Gasteiger charge is 2.27. The molecule has 1 fully saturated rings. The van der Waals surface area contributed by atoms with Crippen molar-refractivity contribution in [3.05, 3.63) is 29.6 Å². The number of likely N-dealkylation sites (tertiary alicyclic amines) is 1. The Hall–Kier alpha value is -1.62. The van der Waals surface area contributed by atoms with Gasteiger partial charge in [-0.1, -0.05) is 0 Å². The molecule has 0 bridgehead atoms. The van der Waals surface area contributed by atoms with Crippen molar-refractivity contribution in [2.45, 2.75) is 12.8 Å². The van der Waals surface area contributed by atoms with E-state index < -0.39 is 5.82 Å². The zero-order valence-corrected chi connectivity index (χ0v) is 10.1. The van der Waals surface area contributed by atoms with Crippen LogP contribution in [0.15, 0.2) is 18.2 Å². The first-order valence-electron chi connectivity index (χ1n) is 6.07. The molecule has 1 aromatic carbocycles. The zero-order chi connectivity index (χ0) is 13.1. The van der Waals surface area contributed by atoms with E-state index in [2.05, 4.69) is 0 Å². The molecule has 0 aliphatic carbocycles. The molecule has 1 amide bonds. The van der Waals surface area contributed by atoms with Gasteiger partial charge < -0.3 is 15.7 Å².